The first kappa shape index (κ1) is 15.8. The first-order valence-electron chi connectivity index (χ1n) is 7.40. The number of unbranched alkanes of at least 4 members (excludes halogenated alkanes) is 1. The summed E-state index contributed by atoms with van der Waals surface area (Å²) in [4.78, 5) is 24.7. The van der Waals surface area contributed by atoms with Crippen LogP contribution in [-0.4, -0.2) is 40.6 Å². The van der Waals surface area contributed by atoms with Crippen molar-refractivity contribution in [2.75, 3.05) is 6.54 Å². The van der Waals surface area contributed by atoms with E-state index in [0.29, 0.717) is 13.0 Å². The maximum absolute atomic E-state index is 12.2. The summed E-state index contributed by atoms with van der Waals surface area (Å²) in [6, 6.07) is -0.680. The molecule has 5 heteroatoms. The largest absolute Gasteiger partial charge is 0.480 e. The van der Waals surface area contributed by atoms with Gasteiger partial charge in [0.2, 0.25) is 0 Å². The predicted octanol–water partition coefficient (Wildman–Crippen LogP) is 2.60. The molecular weight excluding hydrogens is 244 g/mol. The quantitative estimate of drug-likeness (QED) is 0.747. The van der Waals surface area contributed by atoms with Crippen LogP contribution in [0.1, 0.15) is 58.8 Å². The van der Waals surface area contributed by atoms with Crippen molar-refractivity contribution in [1.82, 2.24) is 10.2 Å². The molecule has 0 aromatic rings. The van der Waals surface area contributed by atoms with Gasteiger partial charge in [-0.15, -0.1) is 0 Å². The van der Waals surface area contributed by atoms with Crippen molar-refractivity contribution >= 4 is 12.0 Å². The highest BCUT2D eigenvalue weighted by Crippen LogP contribution is 2.18. The average Bonchev–Trinajstić information content (AvgIpc) is 2.85. The topological polar surface area (TPSA) is 69.6 Å². The number of hydrogen-bond acceptors (Lipinski definition) is 2. The zero-order valence-corrected chi connectivity index (χ0v) is 12.0. The number of urea groups is 1. The zero-order valence-electron chi connectivity index (χ0n) is 12.0. The van der Waals surface area contributed by atoms with E-state index in [1.54, 1.807) is 0 Å². The van der Waals surface area contributed by atoms with Crippen LogP contribution in [-0.2, 0) is 4.79 Å². The molecule has 5 nitrogen and oxygen atoms in total. The van der Waals surface area contributed by atoms with Crippen molar-refractivity contribution in [3.05, 3.63) is 0 Å². The number of nitrogens with zero attached hydrogens (tertiary/aromatic N) is 1. The van der Waals surface area contributed by atoms with Crippen LogP contribution < -0.4 is 5.32 Å². The molecule has 0 aliphatic carbocycles. The first-order valence-corrected chi connectivity index (χ1v) is 7.40. The van der Waals surface area contributed by atoms with Crippen molar-refractivity contribution in [1.29, 1.82) is 0 Å². The monoisotopic (exact) mass is 270 g/mol. The minimum Gasteiger partial charge on any atom is -0.480 e. The third-order valence-electron chi connectivity index (χ3n) is 3.67. The van der Waals surface area contributed by atoms with E-state index in [4.69, 9.17) is 5.11 Å². The van der Waals surface area contributed by atoms with E-state index in [-0.39, 0.29) is 12.1 Å². The molecule has 0 saturated carbocycles. The molecule has 1 rings (SSSR count). The van der Waals surface area contributed by atoms with Gasteiger partial charge in [-0.1, -0.05) is 33.1 Å². The van der Waals surface area contributed by atoms with E-state index >= 15 is 0 Å². The summed E-state index contributed by atoms with van der Waals surface area (Å²) in [5.41, 5.74) is 0. The molecule has 1 fully saturated rings. The van der Waals surface area contributed by atoms with Crippen LogP contribution in [0.15, 0.2) is 0 Å². The van der Waals surface area contributed by atoms with Gasteiger partial charge in [0.15, 0.2) is 0 Å². The lowest BCUT2D eigenvalue weighted by Gasteiger charge is -2.25. The summed E-state index contributed by atoms with van der Waals surface area (Å²) in [7, 11) is 0. The third-order valence-corrected chi connectivity index (χ3v) is 3.67. The molecular formula is C14H26N2O3. The Kier molecular flexibility index (Phi) is 6.67. The van der Waals surface area contributed by atoms with Crippen LogP contribution in [0.5, 0.6) is 0 Å². The van der Waals surface area contributed by atoms with E-state index in [1.165, 1.54) is 4.90 Å². The smallest absolute Gasteiger partial charge is 0.326 e. The van der Waals surface area contributed by atoms with Gasteiger partial charge in [-0.25, -0.2) is 9.59 Å². The van der Waals surface area contributed by atoms with Gasteiger partial charge in [0.05, 0.1) is 0 Å². The number of hydrogen-bond donors (Lipinski definition) is 2. The molecule has 1 aliphatic heterocycles. The Morgan fingerprint density at radius 3 is 2.63 bits per heavy atom. The maximum Gasteiger partial charge on any atom is 0.326 e. The second kappa shape index (κ2) is 8.02. The molecule has 19 heavy (non-hydrogen) atoms. The second-order valence-corrected chi connectivity index (χ2v) is 5.27. The van der Waals surface area contributed by atoms with Gasteiger partial charge in [-0.05, 0) is 25.7 Å². The van der Waals surface area contributed by atoms with E-state index in [1.807, 2.05) is 0 Å². The molecule has 0 aromatic carbocycles. The van der Waals surface area contributed by atoms with Crippen LogP contribution >= 0.6 is 0 Å². The van der Waals surface area contributed by atoms with Crippen LogP contribution in [0.2, 0.25) is 0 Å². The highest BCUT2D eigenvalue weighted by molar-refractivity contribution is 5.83. The fraction of sp³-hybridized carbons (Fsp3) is 0.857. The summed E-state index contributed by atoms with van der Waals surface area (Å²) < 4.78 is 0. The second-order valence-electron chi connectivity index (χ2n) is 5.27. The zero-order chi connectivity index (χ0) is 14.3. The van der Waals surface area contributed by atoms with Crippen LogP contribution in [0.4, 0.5) is 4.79 Å². The number of carbonyl (C=O) groups is 2. The number of nitrogens with one attached hydrogen (secondary N) is 1. The maximum atomic E-state index is 12.2. The number of carboxylic acids is 1. The molecule has 1 heterocycles. The third kappa shape index (κ3) is 4.73. The molecule has 0 spiro atoms. The minimum atomic E-state index is -0.895. The Morgan fingerprint density at radius 1 is 1.32 bits per heavy atom. The van der Waals surface area contributed by atoms with E-state index in [9.17, 15) is 9.59 Å². The summed E-state index contributed by atoms with van der Waals surface area (Å²) >= 11 is 0. The molecule has 2 amide bonds. The number of amides is 2. The van der Waals surface area contributed by atoms with Crippen molar-refractivity contribution in [3.63, 3.8) is 0 Å². The lowest BCUT2D eigenvalue weighted by atomic mass is 10.1. The Labute approximate surface area is 115 Å². The highest BCUT2D eigenvalue weighted by atomic mass is 16.4. The summed E-state index contributed by atoms with van der Waals surface area (Å²) in [6.45, 7) is 4.78. The van der Waals surface area contributed by atoms with E-state index in [0.717, 1.165) is 38.5 Å². The molecule has 2 N–H and O–H groups in total. The van der Waals surface area contributed by atoms with Crippen LogP contribution in [0, 0.1) is 0 Å². The number of carboxylic acid groups (broad SMARTS) is 1. The number of aliphatic carboxylic acids is 1. The molecule has 110 valence electrons. The number of likely N-dealkylation sites (tertiary alicyclic amines) is 1. The Hall–Kier alpha value is -1.26. The molecule has 2 atom stereocenters. The van der Waals surface area contributed by atoms with Gasteiger partial charge < -0.3 is 15.3 Å². The van der Waals surface area contributed by atoms with Gasteiger partial charge >= 0.3 is 12.0 Å². The van der Waals surface area contributed by atoms with Crippen molar-refractivity contribution in [2.45, 2.75) is 70.9 Å². The van der Waals surface area contributed by atoms with Crippen LogP contribution in [0.3, 0.4) is 0 Å². The first-order chi connectivity index (χ1) is 9.10. The molecule has 1 saturated heterocycles. The molecule has 0 aromatic heterocycles. The van der Waals surface area contributed by atoms with E-state index < -0.39 is 12.0 Å². The van der Waals surface area contributed by atoms with Gasteiger partial charge in [-0.2, -0.15) is 0 Å². The van der Waals surface area contributed by atoms with Gasteiger partial charge in [-0.3, -0.25) is 0 Å². The minimum absolute atomic E-state index is 0.174. The predicted molar refractivity (Wildman–Crippen MR) is 74.1 cm³/mol. The van der Waals surface area contributed by atoms with Crippen molar-refractivity contribution < 1.29 is 14.7 Å². The number of rotatable bonds is 7. The fourth-order valence-corrected chi connectivity index (χ4v) is 2.61. The fourth-order valence-electron chi connectivity index (χ4n) is 2.61. The summed E-state index contributed by atoms with van der Waals surface area (Å²) in [6.07, 6.45) is 6.49. The standard InChI is InChI=1S/C14H26N2O3/c1-3-5-8-11(7-4-2)15-14(19)16-10-6-9-12(16)13(17)18/h11-12H,3-10H2,1-2H3,(H,15,19)(H,17,18)/t11?,12-/m0/s1. The van der Waals surface area contributed by atoms with Crippen molar-refractivity contribution in [3.8, 4) is 0 Å². The molecule has 0 bridgehead atoms. The summed E-state index contributed by atoms with van der Waals surface area (Å²) in [5.74, 6) is -0.895. The Bertz CT molecular complexity index is 307. The number of carbonyl (C=O) groups excluding carboxylic acids is 1. The SMILES string of the molecule is CCCCC(CCC)NC(=O)N1CCC[C@H]1C(=O)O. The highest BCUT2D eigenvalue weighted by Gasteiger charge is 2.34. The molecule has 0 radical (unpaired) electrons. The van der Waals surface area contributed by atoms with E-state index in [2.05, 4.69) is 19.2 Å². The van der Waals surface area contributed by atoms with Gasteiger partial charge in [0, 0.05) is 12.6 Å². The van der Waals surface area contributed by atoms with Crippen LogP contribution in [0.25, 0.3) is 0 Å². The van der Waals surface area contributed by atoms with Gasteiger partial charge in [0.1, 0.15) is 6.04 Å². The Morgan fingerprint density at radius 2 is 2.05 bits per heavy atom. The van der Waals surface area contributed by atoms with Gasteiger partial charge in [0.25, 0.3) is 0 Å². The van der Waals surface area contributed by atoms with Crippen molar-refractivity contribution in [2.24, 2.45) is 0 Å². The molecule has 1 aliphatic rings. The Balaban J connectivity index is 2.52. The normalized spacial score (nSPS) is 20.3. The summed E-state index contributed by atoms with van der Waals surface area (Å²) in [5, 5.41) is 12.1. The lowest BCUT2D eigenvalue weighted by molar-refractivity contribution is -0.141. The average molecular weight is 270 g/mol. The lowest BCUT2D eigenvalue weighted by Crippen LogP contribution is -2.49. The molecule has 1 unspecified atom stereocenters.